The first-order valence-corrected chi connectivity index (χ1v) is 6.15. The second-order valence-electron chi connectivity index (χ2n) is 4.05. The van der Waals surface area contributed by atoms with Gasteiger partial charge in [-0.15, -0.1) is 0 Å². The Bertz CT molecular complexity index is 535. The van der Waals surface area contributed by atoms with Crippen molar-refractivity contribution in [2.24, 2.45) is 0 Å². The Morgan fingerprint density at radius 2 is 1.71 bits per heavy atom. The van der Waals surface area contributed by atoms with Crippen molar-refractivity contribution in [2.75, 3.05) is 5.73 Å². The highest BCUT2D eigenvalue weighted by molar-refractivity contribution is 9.10. The second-order valence-corrected chi connectivity index (χ2v) is 4.91. The van der Waals surface area contributed by atoms with Crippen molar-refractivity contribution in [1.29, 1.82) is 0 Å². The Morgan fingerprint density at radius 1 is 1.06 bits per heavy atom. The summed E-state index contributed by atoms with van der Waals surface area (Å²) in [6.07, 6.45) is 0. The SMILES string of the molecule is Cc1ccc(Oc2cc(C)c(N)cc2Br)cc1. The van der Waals surface area contributed by atoms with E-state index in [9.17, 15) is 0 Å². The zero-order chi connectivity index (χ0) is 12.4. The van der Waals surface area contributed by atoms with Gasteiger partial charge in [0.15, 0.2) is 0 Å². The van der Waals surface area contributed by atoms with Crippen molar-refractivity contribution in [2.45, 2.75) is 13.8 Å². The van der Waals surface area contributed by atoms with E-state index in [-0.39, 0.29) is 0 Å². The van der Waals surface area contributed by atoms with Gasteiger partial charge in [0.1, 0.15) is 11.5 Å². The molecule has 3 heteroatoms. The van der Waals surface area contributed by atoms with Crippen LogP contribution in [-0.4, -0.2) is 0 Å². The molecule has 17 heavy (non-hydrogen) atoms. The van der Waals surface area contributed by atoms with E-state index >= 15 is 0 Å². The van der Waals surface area contributed by atoms with Gasteiger partial charge in [-0.1, -0.05) is 17.7 Å². The van der Waals surface area contributed by atoms with E-state index in [1.165, 1.54) is 5.56 Å². The van der Waals surface area contributed by atoms with E-state index in [1.807, 2.05) is 50.2 Å². The van der Waals surface area contributed by atoms with Gasteiger partial charge in [0.25, 0.3) is 0 Å². The molecule has 2 aromatic carbocycles. The molecule has 0 unspecified atom stereocenters. The highest BCUT2D eigenvalue weighted by Crippen LogP contribution is 2.33. The number of aryl methyl sites for hydroxylation is 2. The van der Waals surface area contributed by atoms with Crippen LogP contribution >= 0.6 is 15.9 Å². The summed E-state index contributed by atoms with van der Waals surface area (Å²) in [4.78, 5) is 0. The Labute approximate surface area is 110 Å². The summed E-state index contributed by atoms with van der Waals surface area (Å²) in [6, 6.07) is 11.7. The largest absolute Gasteiger partial charge is 0.456 e. The molecule has 0 saturated heterocycles. The van der Waals surface area contributed by atoms with Crippen LogP contribution in [0.4, 0.5) is 5.69 Å². The molecule has 2 rings (SSSR count). The number of hydrogen-bond acceptors (Lipinski definition) is 2. The third-order valence-corrected chi connectivity index (χ3v) is 3.19. The quantitative estimate of drug-likeness (QED) is 0.830. The van der Waals surface area contributed by atoms with E-state index in [1.54, 1.807) is 0 Å². The van der Waals surface area contributed by atoms with E-state index in [0.29, 0.717) is 0 Å². The summed E-state index contributed by atoms with van der Waals surface area (Å²) < 4.78 is 6.66. The number of nitrogen functional groups attached to an aromatic ring is 1. The average molecular weight is 292 g/mol. The Kier molecular flexibility index (Phi) is 3.38. The van der Waals surface area contributed by atoms with Crippen molar-refractivity contribution in [1.82, 2.24) is 0 Å². The molecule has 0 radical (unpaired) electrons. The van der Waals surface area contributed by atoms with Crippen LogP contribution in [0.1, 0.15) is 11.1 Å². The fourth-order valence-electron chi connectivity index (χ4n) is 1.48. The van der Waals surface area contributed by atoms with E-state index < -0.39 is 0 Å². The first-order valence-electron chi connectivity index (χ1n) is 5.36. The van der Waals surface area contributed by atoms with Crippen molar-refractivity contribution >= 4 is 21.6 Å². The van der Waals surface area contributed by atoms with Crippen LogP contribution < -0.4 is 10.5 Å². The van der Waals surface area contributed by atoms with Crippen LogP contribution in [0.5, 0.6) is 11.5 Å². The molecule has 0 spiro atoms. The third kappa shape index (κ3) is 2.80. The van der Waals surface area contributed by atoms with E-state index in [4.69, 9.17) is 10.5 Å². The monoisotopic (exact) mass is 291 g/mol. The standard InChI is InChI=1S/C14H14BrNO/c1-9-3-5-11(6-4-9)17-14-7-10(2)13(16)8-12(14)15/h3-8H,16H2,1-2H3. The minimum atomic E-state index is 0.758. The molecule has 2 N–H and O–H groups in total. The summed E-state index contributed by atoms with van der Waals surface area (Å²) in [5.41, 5.74) is 8.80. The van der Waals surface area contributed by atoms with E-state index in [0.717, 1.165) is 27.2 Å². The summed E-state index contributed by atoms with van der Waals surface area (Å²) in [5, 5.41) is 0. The highest BCUT2D eigenvalue weighted by atomic mass is 79.9. The number of halogens is 1. The lowest BCUT2D eigenvalue weighted by Gasteiger charge is -2.10. The summed E-state index contributed by atoms with van der Waals surface area (Å²) in [7, 11) is 0. The number of nitrogens with two attached hydrogens (primary N) is 1. The minimum Gasteiger partial charge on any atom is -0.456 e. The van der Waals surface area contributed by atoms with Gasteiger partial charge < -0.3 is 10.5 Å². The lowest BCUT2D eigenvalue weighted by Crippen LogP contribution is -1.92. The molecule has 0 aliphatic heterocycles. The maximum atomic E-state index is 5.82. The second kappa shape index (κ2) is 4.80. The molecule has 0 aliphatic carbocycles. The van der Waals surface area contributed by atoms with Crippen LogP contribution in [0.15, 0.2) is 40.9 Å². The summed E-state index contributed by atoms with van der Waals surface area (Å²) in [6.45, 7) is 4.01. The molecule has 0 heterocycles. The summed E-state index contributed by atoms with van der Waals surface area (Å²) in [5.74, 6) is 1.60. The molecule has 0 amide bonds. The van der Waals surface area contributed by atoms with E-state index in [2.05, 4.69) is 15.9 Å². The zero-order valence-electron chi connectivity index (χ0n) is 9.83. The lowest BCUT2D eigenvalue weighted by molar-refractivity contribution is 0.479. The Balaban J connectivity index is 2.30. The molecule has 88 valence electrons. The van der Waals surface area contributed by atoms with Gasteiger partial charge in [0.2, 0.25) is 0 Å². The van der Waals surface area contributed by atoms with Gasteiger partial charge in [-0.05, 0) is 59.6 Å². The van der Waals surface area contributed by atoms with Crippen molar-refractivity contribution in [3.63, 3.8) is 0 Å². The van der Waals surface area contributed by atoms with Gasteiger partial charge in [-0.3, -0.25) is 0 Å². The topological polar surface area (TPSA) is 35.2 Å². The predicted molar refractivity (Wildman–Crippen MR) is 74.5 cm³/mol. The maximum absolute atomic E-state index is 5.82. The molecule has 0 atom stereocenters. The fourth-order valence-corrected chi connectivity index (χ4v) is 1.92. The number of ether oxygens (including phenoxy) is 1. The average Bonchev–Trinajstić information content (AvgIpc) is 2.29. The number of hydrogen-bond donors (Lipinski definition) is 1. The summed E-state index contributed by atoms with van der Waals surface area (Å²) >= 11 is 3.45. The predicted octanol–water partition coefficient (Wildman–Crippen LogP) is 4.44. The van der Waals surface area contributed by atoms with Gasteiger partial charge in [-0.25, -0.2) is 0 Å². The van der Waals surface area contributed by atoms with Crippen LogP contribution in [0.25, 0.3) is 0 Å². The van der Waals surface area contributed by atoms with Gasteiger partial charge in [0, 0.05) is 5.69 Å². The highest BCUT2D eigenvalue weighted by Gasteiger charge is 2.05. The zero-order valence-corrected chi connectivity index (χ0v) is 11.4. The van der Waals surface area contributed by atoms with Gasteiger partial charge in [-0.2, -0.15) is 0 Å². The third-order valence-electron chi connectivity index (χ3n) is 2.57. The first-order chi connectivity index (χ1) is 8.06. The van der Waals surface area contributed by atoms with Crippen molar-refractivity contribution in [3.05, 3.63) is 52.0 Å². The van der Waals surface area contributed by atoms with Crippen LogP contribution in [-0.2, 0) is 0 Å². The van der Waals surface area contributed by atoms with Crippen molar-refractivity contribution < 1.29 is 4.74 Å². The Morgan fingerprint density at radius 3 is 2.35 bits per heavy atom. The number of rotatable bonds is 2. The van der Waals surface area contributed by atoms with Crippen LogP contribution in [0.3, 0.4) is 0 Å². The molecule has 0 aromatic heterocycles. The number of anilines is 1. The minimum absolute atomic E-state index is 0.758. The van der Waals surface area contributed by atoms with Gasteiger partial charge >= 0.3 is 0 Å². The molecule has 0 aliphatic rings. The molecule has 2 aromatic rings. The molecule has 0 saturated carbocycles. The molecule has 0 bridgehead atoms. The Hall–Kier alpha value is -1.48. The fraction of sp³-hybridized carbons (Fsp3) is 0.143. The van der Waals surface area contributed by atoms with Gasteiger partial charge in [0.05, 0.1) is 4.47 Å². The lowest BCUT2D eigenvalue weighted by atomic mass is 10.2. The first kappa shape index (κ1) is 12.0. The molecular weight excluding hydrogens is 278 g/mol. The molecule has 0 fully saturated rings. The number of benzene rings is 2. The van der Waals surface area contributed by atoms with Crippen LogP contribution in [0, 0.1) is 13.8 Å². The van der Waals surface area contributed by atoms with Crippen molar-refractivity contribution in [3.8, 4) is 11.5 Å². The normalized spacial score (nSPS) is 10.3. The smallest absolute Gasteiger partial charge is 0.142 e. The molecule has 2 nitrogen and oxygen atoms in total. The molecular formula is C14H14BrNO. The van der Waals surface area contributed by atoms with Crippen LogP contribution in [0.2, 0.25) is 0 Å². The maximum Gasteiger partial charge on any atom is 0.142 e.